The van der Waals surface area contributed by atoms with Gasteiger partial charge in [-0.05, 0) is 24.8 Å². The summed E-state index contributed by atoms with van der Waals surface area (Å²) in [6, 6.07) is 10.2. The molecule has 1 aromatic rings. The number of hydrogen-bond acceptors (Lipinski definition) is 3. The predicted octanol–water partition coefficient (Wildman–Crippen LogP) is 1.57. The average molecular weight is 279 g/mol. The van der Waals surface area contributed by atoms with E-state index in [4.69, 9.17) is 9.84 Å². The fraction of sp³-hybridized carbons (Fsp3) is 0.467. The van der Waals surface area contributed by atoms with Gasteiger partial charge in [0.05, 0.1) is 0 Å². The molecule has 5 heteroatoms. The molecule has 110 valence electrons. The highest BCUT2D eigenvalue weighted by atomic mass is 16.5. The highest BCUT2D eigenvalue weighted by molar-refractivity contribution is 5.77. The number of ether oxygens (including phenoxy) is 1. The second-order valence-electron chi connectivity index (χ2n) is 4.64. The molecule has 0 atom stereocenters. The van der Waals surface area contributed by atoms with Gasteiger partial charge < -0.3 is 14.7 Å². The van der Waals surface area contributed by atoms with Crippen LogP contribution in [0.5, 0.6) is 0 Å². The smallest absolute Gasteiger partial charge is 0.329 e. The van der Waals surface area contributed by atoms with Crippen molar-refractivity contribution in [2.24, 2.45) is 0 Å². The van der Waals surface area contributed by atoms with Crippen LogP contribution in [-0.4, -0.2) is 48.7 Å². The fourth-order valence-electron chi connectivity index (χ4n) is 1.78. The minimum Gasteiger partial charge on any atom is -0.480 e. The zero-order chi connectivity index (χ0) is 14.8. The van der Waals surface area contributed by atoms with Crippen LogP contribution in [0, 0.1) is 0 Å². The van der Waals surface area contributed by atoms with Gasteiger partial charge in [0.15, 0.2) is 0 Å². The number of amides is 1. The molecule has 1 amide bonds. The second-order valence-corrected chi connectivity index (χ2v) is 4.64. The van der Waals surface area contributed by atoms with Gasteiger partial charge in [-0.2, -0.15) is 0 Å². The third-order valence-corrected chi connectivity index (χ3v) is 2.93. The summed E-state index contributed by atoms with van der Waals surface area (Å²) in [6.45, 7) is 0.0389. The second kappa shape index (κ2) is 9.09. The van der Waals surface area contributed by atoms with Crippen molar-refractivity contribution in [3.63, 3.8) is 0 Å². The van der Waals surface area contributed by atoms with Gasteiger partial charge in [-0.15, -0.1) is 0 Å². The third-order valence-electron chi connectivity index (χ3n) is 2.93. The molecule has 0 saturated heterocycles. The maximum absolute atomic E-state index is 11.6. The monoisotopic (exact) mass is 279 g/mol. The van der Waals surface area contributed by atoms with Gasteiger partial charge in [0, 0.05) is 13.6 Å². The SMILES string of the molecule is CN(CCCCc1ccccc1)C(=O)COCC(=O)O. The largest absolute Gasteiger partial charge is 0.480 e. The van der Waals surface area contributed by atoms with Crippen molar-refractivity contribution < 1.29 is 19.4 Å². The van der Waals surface area contributed by atoms with Crippen LogP contribution >= 0.6 is 0 Å². The molecule has 20 heavy (non-hydrogen) atoms. The fourth-order valence-corrected chi connectivity index (χ4v) is 1.78. The van der Waals surface area contributed by atoms with E-state index < -0.39 is 12.6 Å². The average Bonchev–Trinajstić information content (AvgIpc) is 2.44. The highest BCUT2D eigenvalue weighted by Crippen LogP contribution is 2.05. The quantitative estimate of drug-likeness (QED) is 0.697. The lowest BCUT2D eigenvalue weighted by atomic mass is 10.1. The first kappa shape index (κ1) is 16.2. The number of nitrogens with zero attached hydrogens (tertiary/aromatic N) is 1. The molecule has 0 fully saturated rings. The normalized spacial score (nSPS) is 10.2. The van der Waals surface area contributed by atoms with Crippen LogP contribution in [0.1, 0.15) is 18.4 Å². The molecule has 0 heterocycles. The molecule has 1 rings (SSSR count). The number of benzene rings is 1. The minimum absolute atomic E-state index is 0.179. The number of carboxylic acid groups (broad SMARTS) is 1. The van der Waals surface area contributed by atoms with Gasteiger partial charge in [-0.1, -0.05) is 30.3 Å². The first-order chi connectivity index (χ1) is 9.59. The van der Waals surface area contributed by atoms with Crippen molar-refractivity contribution in [2.45, 2.75) is 19.3 Å². The Kier molecular flexibility index (Phi) is 7.35. The van der Waals surface area contributed by atoms with Gasteiger partial charge in [0.25, 0.3) is 0 Å². The Morgan fingerprint density at radius 3 is 2.50 bits per heavy atom. The van der Waals surface area contributed by atoms with E-state index in [-0.39, 0.29) is 12.5 Å². The first-order valence-electron chi connectivity index (χ1n) is 6.67. The molecule has 0 aliphatic heterocycles. The summed E-state index contributed by atoms with van der Waals surface area (Å²) >= 11 is 0. The van der Waals surface area contributed by atoms with E-state index in [1.54, 1.807) is 11.9 Å². The number of carboxylic acids is 1. The van der Waals surface area contributed by atoms with Crippen LogP contribution in [-0.2, 0) is 20.7 Å². The number of rotatable bonds is 9. The summed E-state index contributed by atoms with van der Waals surface area (Å²) in [5, 5.41) is 8.40. The highest BCUT2D eigenvalue weighted by Gasteiger charge is 2.09. The Hall–Kier alpha value is -1.88. The van der Waals surface area contributed by atoms with Crippen LogP contribution in [0.2, 0.25) is 0 Å². The molecule has 0 aromatic heterocycles. The maximum Gasteiger partial charge on any atom is 0.329 e. The Balaban J connectivity index is 2.11. The summed E-state index contributed by atoms with van der Waals surface area (Å²) in [5.41, 5.74) is 1.30. The summed E-state index contributed by atoms with van der Waals surface area (Å²) in [5.74, 6) is -1.26. The molecule has 0 radical (unpaired) electrons. The van der Waals surface area contributed by atoms with Crippen LogP contribution < -0.4 is 0 Å². The molecular formula is C15H21NO4. The lowest BCUT2D eigenvalue weighted by molar-refractivity contribution is -0.145. The van der Waals surface area contributed by atoms with E-state index in [0.717, 1.165) is 19.3 Å². The maximum atomic E-state index is 11.6. The van der Waals surface area contributed by atoms with E-state index in [9.17, 15) is 9.59 Å². The standard InChI is InChI=1S/C15H21NO4/c1-16(14(17)11-20-12-15(18)19)10-6-5-9-13-7-3-2-4-8-13/h2-4,7-8H,5-6,9-12H2,1H3,(H,18,19). The summed E-state index contributed by atoms with van der Waals surface area (Å²) < 4.78 is 4.76. The molecular weight excluding hydrogens is 258 g/mol. The molecule has 0 unspecified atom stereocenters. The Bertz CT molecular complexity index is 419. The van der Waals surface area contributed by atoms with Crippen LogP contribution in [0.3, 0.4) is 0 Å². The number of carbonyl (C=O) groups excluding carboxylic acids is 1. The Morgan fingerprint density at radius 2 is 1.85 bits per heavy atom. The lowest BCUT2D eigenvalue weighted by Crippen LogP contribution is -2.31. The number of unbranched alkanes of at least 4 members (excludes halogenated alkanes) is 1. The van der Waals surface area contributed by atoms with Crippen LogP contribution in [0.15, 0.2) is 30.3 Å². The molecule has 1 N–H and O–H groups in total. The number of aliphatic carboxylic acids is 1. The van der Waals surface area contributed by atoms with Gasteiger partial charge in [-0.25, -0.2) is 4.79 Å². The van der Waals surface area contributed by atoms with E-state index in [0.29, 0.717) is 6.54 Å². The summed E-state index contributed by atoms with van der Waals surface area (Å²) in [6.07, 6.45) is 2.92. The first-order valence-corrected chi connectivity index (χ1v) is 6.67. The topological polar surface area (TPSA) is 66.8 Å². The third kappa shape index (κ3) is 6.89. The Morgan fingerprint density at radius 1 is 1.15 bits per heavy atom. The molecule has 0 spiro atoms. The van der Waals surface area contributed by atoms with E-state index in [2.05, 4.69) is 12.1 Å². The summed E-state index contributed by atoms with van der Waals surface area (Å²) in [7, 11) is 1.70. The summed E-state index contributed by atoms with van der Waals surface area (Å²) in [4.78, 5) is 23.4. The van der Waals surface area contributed by atoms with Crippen LogP contribution in [0.25, 0.3) is 0 Å². The minimum atomic E-state index is -1.07. The van der Waals surface area contributed by atoms with Crippen molar-refractivity contribution in [1.29, 1.82) is 0 Å². The predicted molar refractivity (Wildman–Crippen MR) is 75.5 cm³/mol. The molecule has 0 aliphatic carbocycles. The van der Waals surface area contributed by atoms with Gasteiger partial charge in [0.1, 0.15) is 13.2 Å². The van der Waals surface area contributed by atoms with E-state index in [1.807, 2.05) is 18.2 Å². The van der Waals surface area contributed by atoms with E-state index in [1.165, 1.54) is 5.56 Å². The number of hydrogen-bond donors (Lipinski definition) is 1. The molecule has 0 saturated carbocycles. The molecule has 5 nitrogen and oxygen atoms in total. The number of carbonyl (C=O) groups is 2. The van der Waals surface area contributed by atoms with Gasteiger partial charge >= 0.3 is 5.97 Å². The van der Waals surface area contributed by atoms with Crippen molar-refractivity contribution >= 4 is 11.9 Å². The zero-order valence-electron chi connectivity index (χ0n) is 11.7. The molecule has 0 aliphatic rings. The van der Waals surface area contributed by atoms with Gasteiger partial charge in [-0.3, -0.25) is 4.79 Å². The van der Waals surface area contributed by atoms with Crippen molar-refractivity contribution in [3.8, 4) is 0 Å². The van der Waals surface area contributed by atoms with Crippen molar-refractivity contribution in [2.75, 3.05) is 26.8 Å². The molecule has 1 aromatic carbocycles. The van der Waals surface area contributed by atoms with E-state index >= 15 is 0 Å². The van der Waals surface area contributed by atoms with Gasteiger partial charge in [0.2, 0.25) is 5.91 Å². The lowest BCUT2D eigenvalue weighted by Gasteiger charge is -2.16. The Labute approximate surface area is 119 Å². The zero-order valence-corrected chi connectivity index (χ0v) is 11.7. The van der Waals surface area contributed by atoms with Crippen molar-refractivity contribution in [1.82, 2.24) is 4.90 Å². The number of likely N-dealkylation sites (N-methyl/N-ethyl adjacent to an activating group) is 1. The molecule has 0 bridgehead atoms. The number of aryl methyl sites for hydroxylation is 1. The van der Waals surface area contributed by atoms with Crippen molar-refractivity contribution in [3.05, 3.63) is 35.9 Å². The van der Waals surface area contributed by atoms with Crippen LogP contribution in [0.4, 0.5) is 0 Å².